The maximum Gasteiger partial charge on any atom is 0.266 e. The summed E-state index contributed by atoms with van der Waals surface area (Å²) in [5.74, 6) is 0.613. The molecule has 0 amide bonds. The molecule has 0 N–H and O–H groups in total. The molecule has 0 saturated carbocycles. The van der Waals surface area contributed by atoms with Crippen LogP contribution in [0.3, 0.4) is 0 Å². The number of hydrogen-bond donors (Lipinski definition) is 0. The molecule has 0 radical (unpaired) electrons. The zero-order chi connectivity index (χ0) is 17.4. The van der Waals surface area contributed by atoms with E-state index in [2.05, 4.69) is 9.97 Å². The van der Waals surface area contributed by atoms with Crippen LogP contribution in [0, 0.1) is 0 Å². The van der Waals surface area contributed by atoms with Gasteiger partial charge in [0.2, 0.25) is 5.95 Å². The number of benzene rings is 1. The molecule has 2 aromatic heterocycles. The zero-order valence-corrected chi connectivity index (χ0v) is 14.7. The zero-order valence-electron chi connectivity index (χ0n) is 13.2. The predicted octanol–water partition coefficient (Wildman–Crippen LogP) is 2.92. The third-order valence-electron chi connectivity index (χ3n) is 4.11. The van der Waals surface area contributed by atoms with E-state index in [0.29, 0.717) is 45.8 Å². The molecule has 1 fully saturated rings. The predicted molar refractivity (Wildman–Crippen MR) is 98.2 cm³/mol. The molecule has 0 unspecified atom stereocenters. The van der Waals surface area contributed by atoms with Gasteiger partial charge in [-0.05, 0) is 24.3 Å². The molecule has 3 heterocycles. The SMILES string of the molecule is O=c1c2cnc(N3CCOCC3)nc2ccn1-c1ccc(Cl)c(Cl)c1. The summed E-state index contributed by atoms with van der Waals surface area (Å²) in [6.45, 7) is 2.79. The van der Waals surface area contributed by atoms with Crippen molar-refractivity contribution < 1.29 is 4.74 Å². The van der Waals surface area contributed by atoms with Crippen LogP contribution in [0.2, 0.25) is 10.0 Å². The van der Waals surface area contributed by atoms with E-state index in [9.17, 15) is 4.79 Å². The van der Waals surface area contributed by atoms with Gasteiger partial charge < -0.3 is 9.64 Å². The number of anilines is 1. The van der Waals surface area contributed by atoms with Crippen molar-refractivity contribution in [3.05, 3.63) is 57.1 Å². The Kier molecular flexibility index (Phi) is 4.33. The number of nitrogens with zero attached hydrogens (tertiary/aromatic N) is 4. The molecule has 8 heteroatoms. The van der Waals surface area contributed by atoms with E-state index in [0.717, 1.165) is 13.1 Å². The van der Waals surface area contributed by atoms with Crippen molar-refractivity contribution in [1.82, 2.24) is 14.5 Å². The Morgan fingerprint density at radius 3 is 2.64 bits per heavy atom. The van der Waals surface area contributed by atoms with Crippen LogP contribution >= 0.6 is 23.2 Å². The van der Waals surface area contributed by atoms with E-state index >= 15 is 0 Å². The smallest absolute Gasteiger partial charge is 0.266 e. The fraction of sp³-hybridized carbons (Fsp3) is 0.235. The quantitative estimate of drug-likeness (QED) is 0.687. The highest BCUT2D eigenvalue weighted by molar-refractivity contribution is 6.42. The summed E-state index contributed by atoms with van der Waals surface area (Å²) in [6.07, 6.45) is 3.25. The standard InChI is InChI=1S/C17H14Cl2N4O2/c18-13-2-1-11(9-14(13)19)23-4-3-15-12(16(23)24)10-20-17(21-15)22-5-7-25-8-6-22/h1-4,9-10H,5-8H2. The number of aromatic nitrogens is 3. The number of pyridine rings is 1. The molecule has 6 nitrogen and oxygen atoms in total. The number of ether oxygens (including phenoxy) is 1. The first-order valence-corrected chi connectivity index (χ1v) is 8.55. The van der Waals surface area contributed by atoms with Crippen LogP contribution in [-0.2, 0) is 4.74 Å². The number of fused-ring (bicyclic) bond motifs is 1. The van der Waals surface area contributed by atoms with Crippen molar-refractivity contribution in [3.8, 4) is 5.69 Å². The Hall–Kier alpha value is -2.15. The van der Waals surface area contributed by atoms with Gasteiger partial charge >= 0.3 is 0 Å². The molecule has 1 saturated heterocycles. The number of halogens is 2. The van der Waals surface area contributed by atoms with Gasteiger partial charge in [0.1, 0.15) is 0 Å². The molecule has 4 rings (SSSR count). The Morgan fingerprint density at radius 2 is 1.88 bits per heavy atom. The first-order valence-electron chi connectivity index (χ1n) is 7.80. The molecule has 0 bridgehead atoms. The van der Waals surface area contributed by atoms with Crippen LogP contribution in [0.5, 0.6) is 0 Å². The third kappa shape index (κ3) is 3.08. The molecule has 3 aromatic rings. The fourth-order valence-corrected chi connectivity index (χ4v) is 3.07. The van der Waals surface area contributed by atoms with Crippen molar-refractivity contribution in [2.24, 2.45) is 0 Å². The molecule has 25 heavy (non-hydrogen) atoms. The van der Waals surface area contributed by atoms with Gasteiger partial charge in [0.15, 0.2) is 0 Å². The summed E-state index contributed by atoms with van der Waals surface area (Å²) in [5.41, 5.74) is 1.04. The van der Waals surface area contributed by atoms with Crippen LogP contribution in [0.4, 0.5) is 5.95 Å². The van der Waals surface area contributed by atoms with Gasteiger partial charge in [0.25, 0.3) is 5.56 Å². The minimum Gasteiger partial charge on any atom is -0.378 e. The van der Waals surface area contributed by atoms with Gasteiger partial charge in [0.05, 0.1) is 39.8 Å². The molecule has 0 atom stereocenters. The Balaban J connectivity index is 1.77. The van der Waals surface area contributed by atoms with E-state index < -0.39 is 0 Å². The van der Waals surface area contributed by atoms with Crippen molar-refractivity contribution in [1.29, 1.82) is 0 Å². The van der Waals surface area contributed by atoms with E-state index in [4.69, 9.17) is 27.9 Å². The monoisotopic (exact) mass is 376 g/mol. The molecule has 0 spiro atoms. The second-order valence-corrected chi connectivity index (χ2v) is 6.47. The van der Waals surface area contributed by atoms with Gasteiger partial charge in [-0.2, -0.15) is 0 Å². The van der Waals surface area contributed by atoms with Gasteiger partial charge in [-0.1, -0.05) is 23.2 Å². The maximum atomic E-state index is 12.8. The molecule has 1 aromatic carbocycles. The molecular formula is C17H14Cl2N4O2. The molecule has 1 aliphatic rings. The highest BCUT2D eigenvalue weighted by atomic mass is 35.5. The van der Waals surface area contributed by atoms with Crippen molar-refractivity contribution in [2.75, 3.05) is 31.2 Å². The lowest BCUT2D eigenvalue weighted by Gasteiger charge is -2.26. The summed E-state index contributed by atoms with van der Waals surface area (Å²) >= 11 is 12.0. The van der Waals surface area contributed by atoms with Gasteiger partial charge in [-0.15, -0.1) is 0 Å². The minimum atomic E-state index is -0.204. The second-order valence-electron chi connectivity index (χ2n) is 5.66. The van der Waals surface area contributed by atoms with Crippen molar-refractivity contribution in [2.45, 2.75) is 0 Å². The van der Waals surface area contributed by atoms with Crippen LogP contribution in [-0.4, -0.2) is 40.8 Å². The van der Waals surface area contributed by atoms with Crippen LogP contribution < -0.4 is 10.5 Å². The van der Waals surface area contributed by atoms with Crippen LogP contribution in [0.15, 0.2) is 41.5 Å². The lowest BCUT2D eigenvalue weighted by Crippen LogP contribution is -2.37. The number of rotatable bonds is 2. The van der Waals surface area contributed by atoms with Crippen LogP contribution in [0.1, 0.15) is 0 Å². The summed E-state index contributed by atoms with van der Waals surface area (Å²) in [4.78, 5) is 23.7. The largest absolute Gasteiger partial charge is 0.378 e. The minimum absolute atomic E-state index is 0.204. The second kappa shape index (κ2) is 6.63. The van der Waals surface area contributed by atoms with Crippen molar-refractivity contribution >= 4 is 40.1 Å². The molecule has 128 valence electrons. The molecule has 1 aliphatic heterocycles. The first-order chi connectivity index (χ1) is 12.1. The first kappa shape index (κ1) is 16.3. The van der Waals surface area contributed by atoms with Crippen LogP contribution in [0.25, 0.3) is 16.6 Å². The van der Waals surface area contributed by atoms with Gasteiger partial charge in [0, 0.05) is 25.5 Å². The Bertz CT molecular complexity index is 1000. The average Bonchev–Trinajstić information content (AvgIpc) is 2.65. The summed E-state index contributed by atoms with van der Waals surface area (Å²) < 4.78 is 6.84. The van der Waals surface area contributed by atoms with E-state index in [-0.39, 0.29) is 5.56 Å². The molecular weight excluding hydrogens is 363 g/mol. The summed E-state index contributed by atoms with van der Waals surface area (Å²) in [5, 5.41) is 1.29. The third-order valence-corrected chi connectivity index (χ3v) is 4.85. The van der Waals surface area contributed by atoms with E-state index in [1.165, 1.54) is 4.57 Å². The maximum absolute atomic E-state index is 12.8. The summed E-state index contributed by atoms with van der Waals surface area (Å²) in [7, 11) is 0. The number of morpholine rings is 1. The van der Waals surface area contributed by atoms with Gasteiger partial charge in [-0.3, -0.25) is 9.36 Å². The van der Waals surface area contributed by atoms with Crippen molar-refractivity contribution in [3.63, 3.8) is 0 Å². The normalized spacial score (nSPS) is 14.9. The topological polar surface area (TPSA) is 60.3 Å². The van der Waals surface area contributed by atoms with E-state index in [1.807, 2.05) is 4.90 Å². The lowest BCUT2D eigenvalue weighted by molar-refractivity contribution is 0.122. The average molecular weight is 377 g/mol. The Morgan fingerprint density at radius 1 is 1.08 bits per heavy atom. The highest BCUT2D eigenvalue weighted by Crippen LogP contribution is 2.24. The fourth-order valence-electron chi connectivity index (χ4n) is 2.77. The molecule has 0 aliphatic carbocycles. The highest BCUT2D eigenvalue weighted by Gasteiger charge is 2.15. The summed E-state index contributed by atoms with van der Waals surface area (Å²) in [6, 6.07) is 6.85. The lowest BCUT2D eigenvalue weighted by atomic mass is 10.2. The van der Waals surface area contributed by atoms with E-state index in [1.54, 1.807) is 36.7 Å². The Labute approximate surface area is 153 Å². The van der Waals surface area contributed by atoms with Gasteiger partial charge in [-0.25, -0.2) is 9.97 Å². The number of hydrogen-bond acceptors (Lipinski definition) is 5.